The highest BCUT2D eigenvalue weighted by molar-refractivity contribution is 6.01. The van der Waals surface area contributed by atoms with Crippen LogP contribution in [0.4, 0.5) is 8.78 Å². The number of aryl methyl sites for hydroxylation is 1. The minimum atomic E-state index is -0.668. The van der Waals surface area contributed by atoms with Crippen molar-refractivity contribution in [2.24, 2.45) is 0 Å². The SMILES string of the molecule is COC(=O)c1cc(C)c2nccc(-c3ccc(F)cc3F)c2c1. The lowest BCUT2D eigenvalue weighted by Gasteiger charge is -2.11. The Morgan fingerprint density at radius 2 is 1.87 bits per heavy atom. The molecule has 3 nitrogen and oxygen atoms in total. The van der Waals surface area contributed by atoms with Gasteiger partial charge in [-0.1, -0.05) is 0 Å². The van der Waals surface area contributed by atoms with Crippen LogP contribution < -0.4 is 0 Å². The first-order valence-electron chi connectivity index (χ1n) is 6.94. The number of hydrogen-bond donors (Lipinski definition) is 0. The number of fused-ring (bicyclic) bond motifs is 1. The molecule has 1 aromatic heterocycles. The number of aromatic nitrogens is 1. The van der Waals surface area contributed by atoms with Gasteiger partial charge in [-0.2, -0.15) is 0 Å². The van der Waals surface area contributed by atoms with Gasteiger partial charge in [0.2, 0.25) is 0 Å². The zero-order valence-corrected chi connectivity index (χ0v) is 12.6. The van der Waals surface area contributed by atoms with Crippen LogP contribution in [0.2, 0.25) is 0 Å². The Kier molecular flexibility index (Phi) is 3.78. The summed E-state index contributed by atoms with van der Waals surface area (Å²) in [4.78, 5) is 16.1. The molecule has 1 heterocycles. The first-order chi connectivity index (χ1) is 11.0. The maximum atomic E-state index is 14.1. The second-order valence-electron chi connectivity index (χ2n) is 5.16. The zero-order chi connectivity index (χ0) is 16.6. The van der Waals surface area contributed by atoms with E-state index in [0.29, 0.717) is 22.0 Å². The van der Waals surface area contributed by atoms with E-state index >= 15 is 0 Å². The smallest absolute Gasteiger partial charge is 0.337 e. The molecule has 0 unspecified atom stereocenters. The highest BCUT2D eigenvalue weighted by atomic mass is 19.1. The summed E-state index contributed by atoms with van der Waals surface area (Å²) in [6.45, 7) is 1.81. The second-order valence-corrected chi connectivity index (χ2v) is 5.16. The molecule has 23 heavy (non-hydrogen) atoms. The molecule has 3 rings (SSSR count). The average molecular weight is 313 g/mol. The monoisotopic (exact) mass is 313 g/mol. The number of carbonyl (C=O) groups excluding carboxylic acids is 1. The number of esters is 1. The highest BCUT2D eigenvalue weighted by Crippen LogP contribution is 2.32. The first kappa shape index (κ1) is 15.1. The molecule has 0 fully saturated rings. The van der Waals surface area contributed by atoms with Crippen molar-refractivity contribution in [3.05, 3.63) is 65.4 Å². The third kappa shape index (κ3) is 2.65. The second kappa shape index (κ2) is 5.76. The fourth-order valence-electron chi connectivity index (χ4n) is 2.61. The first-order valence-corrected chi connectivity index (χ1v) is 6.94. The van der Waals surface area contributed by atoms with Crippen molar-refractivity contribution in [1.29, 1.82) is 0 Å². The molecule has 0 aliphatic heterocycles. The molecule has 0 saturated carbocycles. The summed E-state index contributed by atoms with van der Waals surface area (Å²) in [6.07, 6.45) is 1.56. The van der Waals surface area contributed by atoms with Gasteiger partial charge in [0, 0.05) is 23.2 Å². The number of methoxy groups -OCH3 is 1. The molecular weight excluding hydrogens is 300 g/mol. The molecule has 0 atom stereocenters. The Morgan fingerprint density at radius 3 is 2.57 bits per heavy atom. The normalized spacial score (nSPS) is 10.8. The van der Waals surface area contributed by atoms with Crippen LogP contribution in [-0.2, 0) is 4.74 Å². The van der Waals surface area contributed by atoms with E-state index in [4.69, 9.17) is 4.74 Å². The molecule has 0 saturated heterocycles. The third-order valence-electron chi connectivity index (χ3n) is 3.68. The fraction of sp³-hybridized carbons (Fsp3) is 0.111. The van der Waals surface area contributed by atoms with Gasteiger partial charge in [-0.3, -0.25) is 4.98 Å². The van der Waals surface area contributed by atoms with Crippen molar-refractivity contribution in [3.63, 3.8) is 0 Å². The molecule has 0 amide bonds. The minimum absolute atomic E-state index is 0.250. The maximum absolute atomic E-state index is 14.1. The zero-order valence-electron chi connectivity index (χ0n) is 12.6. The van der Waals surface area contributed by atoms with Crippen molar-refractivity contribution in [1.82, 2.24) is 4.98 Å². The molecule has 2 aromatic carbocycles. The van der Waals surface area contributed by atoms with Crippen LogP contribution >= 0.6 is 0 Å². The van der Waals surface area contributed by atoms with E-state index < -0.39 is 17.6 Å². The molecule has 116 valence electrons. The van der Waals surface area contributed by atoms with E-state index in [1.54, 1.807) is 24.4 Å². The summed E-state index contributed by atoms with van der Waals surface area (Å²) >= 11 is 0. The van der Waals surface area contributed by atoms with Crippen molar-refractivity contribution < 1.29 is 18.3 Å². The van der Waals surface area contributed by atoms with Crippen LogP contribution in [0.25, 0.3) is 22.0 Å². The van der Waals surface area contributed by atoms with Gasteiger partial charge in [-0.05, 0) is 48.4 Å². The number of hydrogen-bond acceptors (Lipinski definition) is 3. The van der Waals surface area contributed by atoms with E-state index in [1.165, 1.54) is 19.2 Å². The summed E-state index contributed by atoms with van der Waals surface area (Å²) < 4.78 is 32.0. The fourth-order valence-corrected chi connectivity index (χ4v) is 2.61. The van der Waals surface area contributed by atoms with Crippen molar-refractivity contribution in [3.8, 4) is 11.1 Å². The van der Waals surface area contributed by atoms with Crippen LogP contribution in [0.15, 0.2) is 42.6 Å². The third-order valence-corrected chi connectivity index (χ3v) is 3.68. The number of ether oxygens (including phenoxy) is 1. The minimum Gasteiger partial charge on any atom is -0.465 e. The van der Waals surface area contributed by atoms with Crippen LogP contribution in [0.5, 0.6) is 0 Å². The topological polar surface area (TPSA) is 39.2 Å². The average Bonchev–Trinajstić information content (AvgIpc) is 2.54. The molecule has 0 aliphatic rings. The van der Waals surface area contributed by atoms with E-state index in [9.17, 15) is 13.6 Å². The van der Waals surface area contributed by atoms with Gasteiger partial charge in [0.15, 0.2) is 0 Å². The van der Waals surface area contributed by atoms with Crippen LogP contribution in [0.1, 0.15) is 15.9 Å². The van der Waals surface area contributed by atoms with Gasteiger partial charge >= 0.3 is 5.97 Å². The Bertz CT molecular complexity index is 922. The molecule has 0 radical (unpaired) electrons. The lowest BCUT2D eigenvalue weighted by atomic mass is 9.97. The van der Waals surface area contributed by atoms with Crippen LogP contribution in [-0.4, -0.2) is 18.1 Å². The molecule has 0 spiro atoms. The summed E-state index contributed by atoms with van der Waals surface area (Å²) in [5.74, 6) is -1.79. The number of carbonyl (C=O) groups is 1. The molecule has 5 heteroatoms. The van der Waals surface area contributed by atoms with E-state index in [0.717, 1.165) is 11.6 Å². The summed E-state index contributed by atoms with van der Waals surface area (Å²) in [5, 5.41) is 0.610. The Morgan fingerprint density at radius 1 is 1.09 bits per heavy atom. The van der Waals surface area contributed by atoms with Gasteiger partial charge in [0.05, 0.1) is 18.2 Å². The molecule has 0 bridgehead atoms. The van der Waals surface area contributed by atoms with Gasteiger partial charge in [0.25, 0.3) is 0 Å². The van der Waals surface area contributed by atoms with Gasteiger partial charge in [-0.15, -0.1) is 0 Å². The maximum Gasteiger partial charge on any atom is 0.337 e. The number of rotatable bonds is 2. The van der Waals surface area contributed by atoms with Crippen LogP contribution in [0.3, 0.4) is 0 Å². The van der Waals surface area contributed by atoms with E-state index in [-0.39, 0.29) is 5.56 Å². The summed E-state index contributed by atoms with van der Waals surface area (Å²) in [6, 6.07) is 8.32. The molecule has 0 N–H and O–H groups in total. The highest BCUT2D eigenvalue weighted by Gasteiger charge is 2.15. The van der Waals surface area contributed by atoms with Crippen LogP contribution in [0, 0.1) is 18.6 Å². The predicted molar refractivity (Wildman–Crippen MR) is 83.2 cm³/mol. The lowest BCUT2D eigenvalue weighted by molar-refractivity contribution is 0.0601. The lowest BCUT2D eigenvalue weighted by Crippen LogP contribution is -2.02. The van der Waals surface area contributed by atoms with Crippen molar-refractivity contribution >= 4 is 16.9 Å². The number of benzene rings is 2. The summed E-state index contributed by atoms with van der Waals surface area (Å²) in [5.41, 5.74) is 2.57. The largest absolute Gasteiger partial charge is 0.465 e. The predicted octanol–water partition coefficient (Wildman–Crippen LogP) is 4.28. The van der Waals surface area contributed by atoms with E-state index in [2.05, 4.69) is 4.98 Å². The Hall–Kier alpha value is -2.82. The van der Waals surface area contributed by atoms with Crippen molar-refractivity contribution in [2.75, 3.05) is 7.11 Å². The number of halogens is 2. The van der Waals surface area contributed by atoms with E-state index in [1.807, 2.05) is 6.92 Å². The quantitative estimate of drug-likeness (QED) is 0.663. The Balaban J connectivity index is 2.33. The Labute approximate surface area is 131 Å². The standard InChI is InChI=1S/C18H13F2NO2/c1-10-7-11(18(22)23-2)8-15-13(5-6-21-17(10)15)14-4-3-12(19)9-16(14)20/h3-9H,1-2H3. The molecule has 0 aliphatic carbocycles. The summed E-state index contributed by atoms with van der Waals surface area (Å²) in [7, 11) is 1.30. The van der Waals surface area contributed by atoms with Gasteiger partial charge in [0.1, 0.15) is 11.6 Å². The van der Waals surface area contributed by atoms with Gasteiger partial charge < -0.3 is 4.74 Å². The number of nitrogens with zero attached hydrogens (tertiary/aromatic N) is 1. The number of pyridine rings is 1. The molecular formula is C18H13F2NO2. The van der Waals surface area contributed by atoms with Gasteiger partial charge in [-0.25, -0.2) is 13.6 Å². The van der Waals surface area contributed by atoms with Crippen molar-refractivity contribution in [2.45, 2.75) is 6.92 Å². The molecule has 3 aromatic rings.